The lowest BCUT2D eigenvalue weighted by Crippen LogP contribution is -2.43. The Morgan fingerprint density at radius 2 is 1.89 bits per heavy atom. The molecule has 0 bridgehead atoms. The summed E-state index contributed by atoms with van der Waals surface area (Å²) in [6.45, 7) is 4.22. The minimum Gasteiger partial charge on any atom is -0.357 e. The summed E-state index contributed by atoms with van der Waals surface area (Å²) < 4.78 is 0. The molecule has 156 valence electrons. The first-order valence-corrected chi connectivity index (χ1v) is 11.5. The number of carbonyl (C=O) groups is 1. The fourth-order valence-electron chi connectivity index (χ4n) is 4.41. The summed E-state index contributed by atoms with van der Waals surface area (Å²) in [4.78, 5) is 28.0. The second kappa shape index (κ2) is 9.25. The third-order valence-corrected chi connectivity index (χ3v) is 7.05. The molecule has 6 nitrogen and oxygen atoms in total. The number of nitrogens with zero attached hydrogens (tertiary/aromatic N) is 4. The summed E-state index contributed by atoms with van der Waals surface area (Å²) >= 11 is 1.85. The molecule has 0 radical (unpaired) electrons. The van der Waals surface area contributed by atoms with E-state index in [0.29, 0.717) is 6.54 Å². The van der Waals surface area contributed by atoms with E-state index >= 15 is 0 Å². The molecular weight excluding hydrogens is 370 g/mol. The molecule has 1 aromatic rings. The summed E-state index contributed by atoms with van der Waals surface area (Å²) in [5, 5.41) is 4.57. The number of thiazole rings is 1. The van der Waals surface area contributed by atoms with Gasteiger partial charge in [-0.15, -0.1) is 11.3 Å². The van der Waals surface area contributed by atoms with Gasteiger partial charge in [-0.05, 0) is 45.4 Å². The number of aliphatic imine (C=N–C) groups is 1. The molecule has 2 aliphatic carbocycles. The molecule has 28 heavy (non-hydrogen) atoms. The zero-order valence-corrected chi connectivity index (χ0v) is 18.7. The maximum Gasteiger partial charge on any atom is 0.230 e. The van der Waals surface area contributed by atoms with E-state index in [1.807, 2.05) is 25.4 Å². The minimum atomic E-state index is -0.328. The van der Waals surface area contributed by atoms with Gasteiger partial charge in [0.25, 0.3) is 0 Å². The van der Waals surface area contributed by atoms with Crippen LogP contribution in [0.3, 0.4) is 0 Å². The predicted octanol–water partition coefficient (Wildman–Crippen LogP) is 3.07. The Hall–Kier alpha value is -1.63. The van der Waals surface area contributed by atoms with E-state index in [2.05, 4.69) is 24.2 Å². The first-order chi connectivity index (χ1) is 13.4. The molecule has 0 atom stereocenters. The van der Waals surface area contributed by atoms with Gasteiger partial charge in [0.2, 0.25) is 5.91 Å². The molecule has 3 rings (SSSR count). The lowest BCUT2D eigenvalue weighted by Gasteiger charge is -2.30. The van der Waals surface area contributed by atoms with Gasteiger partial charge in [0, 0.05) is 32.6 Å². The van der Waals surface area contributed by atoms with Crippen molar-refractivity contribution in [2.45, 2.75) is 64.8 Å². The molecule has 1 N–H and O–H groups in total. The van der Waals surface area contributed by atoms with Crippen LogP contribution in [0.25, 0.3) is 0 Å². The van der Waals surface area contributed by atoms with E-state index in [1.165, 1.54) is 34.8 Å². The van der Waals surface area contributed by atoms with Gasteiger partial charge in [-0.3, -0.25) is 9.79 Å². The molecule has 0 unspecified atom stereocenters. The van der Waals surface area contributed by atoms with Crippen LogP contribution in [0.4, 0.5) is 0 Å². The third kappa shape index (κ3) is 4.67. The number of carbonyl (C=O) groups excluding carboxylic acids is 1. The molecule has 0 saturated heterocycles. The Labute approximate surface area is 173 Å². The van der Waals surface area contributed by atoms with Crippen LogP contribution in [-0.2, 0) is 24.2 Å². The Bertz CT molecular complexity index is 682. The van der Waals surface area contributed by atoms with Crippen LogP contribution in [0.2, 0.25) is 0 Å². The molecule has 0 aliphatic heterocycles. The van der Waals surface area contributed by atoms with Crippen LogP contribution in [-0.4, -0.2) is 60.9 Å². The number of rotatable bonds is 6. The van der Waals surface area contributed by atoms with E-state index < -0.39 is 0 Å². The van der Waals surface area contributed by atoms with Crippen molar-refractivity contribution in [3.8, 4) is 0 Å². The summed E-state index contributed by atoms with van der Waals surface area (Å²) in [5.41, 5.74) is 0.980. The van der Waals surface area contributed by atoms with Gasteiger partial charge < -0.3 is 15.1 Å². The van der Waals surface area contributed by atoms with Gasteiger partial charge in [-0.2, -0.15) is 0 Å². The lowest BCUT2D eigenvalue weighted by atomic mass is 9.85. The van der Waals surface area contributed by atoms with Crippen molar-refractivity contribution in [3.63, 3.8) is 0 Å². The second-order valence-electron chi connectivity index (χ2n) is 8.40. The van der Waals surface area contributed by atoms with Crippen molar-refractivity contribution in [2.24, 2.45) is 10.4 Å². The van der Waals surface area contributed by atoms with E-state index in [-0.39, 0.29) is 11.3 Å². The molecule has 1 saturated carbocycles. The Kier molecular flexibility index (Phi) is 6.96. The lowest BCUT2D eigenvalue weighted by molar-refractivity contribution is -0.138. The number of hydrogen-bond donors (Lipinski definition) is 1. The smallest absolute Gasteiger partial charge is 0.230 e. The van der Waals surface area contributed by atoms with Crippen molar-refractivity contribution in [2.75, 3.05) is 34.2 Å². The SMILES string of the molecule is CCNC(=NCC1(C(=O)N(C)C)CCCC1)N(C)Cc1nc2c(s1)CCCC2. The average molecular weight is 406 g/mol. The summed E-state index contributed by atoms with van der Waals surface area (Å²) in [6, 6.07) is 0. The van der Waals surface area contributed by atoms with Crippen LogP contribution in [0.1, 0.15) is 61.0 Å². The van der Waals surface area contributed by atoms with Crippen LogP contribution < -0.4 is 5.32 Å². The van der Waals surface area contributed by atoms with E-state index in [1.54, 1.807) is 4.90 Å². The number of guanidine groups is 1. The van der Waals surface area contributed by atoms with E-state index in [9.17, 15) is 4.79 Å². The largest absolute Gasteiger partial charge is 0.357 e. The highest BCUT2D eigenvalue weighted by atomic mass is 32.1. The standard InChI is InChI=1S/C21H35N5OS/c1-5-22-20(23-15-21(12-8-9-13-21)19(27)25(2)3)26(4)14-18-24-16-10-6-7-11-17(16)28-18/h5-15H2,1-4H3,(H,22,23). The van der Waals surface area contributed by atoms with Gasteiger partial charge in [-0.25, -0.2) is 4.98 Å². The highest BCUT2D eigenvalue weighted by molar-refractivity contribution is 7.11. The molecule has 1 fully saturated rings. The topological polar surface area (TPSA) is 60.8 Å². The Morgan fingerprint density at radius 1 is 1.18 bits per heavy atom. The molecule has 1 amide bonds. The molecule has 0 aromatic carbocycles. The van der Waals surface area contributed by atoms with Crippen LogP contribution in [0, 0.1) is 5.41 Å². The minimum absolute atomic E-state index is 0.222. The van der Waals surface area contributed by atoms with Gasteiger partial charge in [-0.1, -0.05) is 12.8 Å². The number of amides is 1. The average Bonchev–Trinajstić information content (AvgIpc) is 3.31. The van der Waals surface area contributed by atoms with Gasteiger partial charge in [0.05, 0.1) is 24.2 Å². The summed E-state index contributed by atoms with van der Waals surface area (Å²) in [5.74, 6) is 1.09. The van der Waals surface area contributed by atoms with Crippen molar-refractivity contribution in [1.82, 2.24) is 20.1 Å². The maximum absolute atomic E-state index is 12.8. The number of aromatic nitrogens is 1. The predicted molar refractivity (Wildman–Crippen MR) is 116 cm³/mol. The number of fused-ring (bicyclic) bond motifs is 1. The fraction of sp³-hybridized carbons (Fsp3) is 0.762. The zero-order valence-electron chi connectivity index (χ0n) is 17.9. The van der Waals surface area contributed by atoms with E-state index in [0.717, 1.165) is 51.2 Å². The van der Waals surface area contributed by atoms with Crippen molar-refractivity contribution in [3.05, 3.63) is 15.6 Å². The summed E-state index contributed by atoms with van der Waals surface area (Å²) in [7, 11) is 5.78. The van der Waals surface area contributed by atoms with Crippen molar-refractivity contribution >= 4 is 23.2 Å². The highest BCUT2D eigenvalue weighted by Crippen LogP contribution is 2.39. The van der Waals surface area contributed by atoms with Crippen LogP contribution in [0.5, 0.6) is 0 Å². The first kappa shape index (κ1) is 21.1. The zero-order chi connectivity index (χ0) is 20.1. The van der Waals surface area contributed by atoms with E-state index in [4.69, 9.17) is 9.98 Å². The van der Waals surface area contributed by atoms with Crippen molar-refractivity contribution < 1.29 is 4.79 Å². The van der Waals surface area contributed by atoms with Crippen molar-refractivity contribution in [1.29, 1.82) is 0 Å². The van der Waals surface area contributed by atoms with Crippen LogP contribution >= 0.6 is 11.3 Å². The molecule has 2 aliphatic rings. The number of aryl methyl sites for hydroxylation is 2. The maximum atomic E-state index is 12.8. The summed E-state index contributed by atoms with van der Waals surface area (Å²) in [6.07, 6.45) is 8.97. The molecule has 1 aromatic heterocycles. The molecule has 1 heterocycles. The normalized spacial score (nSPS) is 18.6. The quantitative estimate of drug-likeness (QED) is 0.584. The molecule has 7 heteroatoms. The highest BCUT2D eigenvalue weighted by Gasteiger charge is 2.42. The fourth-order valence-corrected chi connectivity index (χ4v) is 5.62. The Balaban J connectivity index is 1.72. The van der Waals surface area contributed by atoms with Gasteiger partial charge >= 0.3 is 0 Å². The van der Waals surface area contributed by atoms with Crippen LogP contribution in [0.15, 0.2) is 4.99 Å². The first-order valence-electron chi connectivity index (χ1n) is 10.6. The number of hydrogen-bond acceptors (Lipinski definition) is 4. The monoisotopic (exact) mass is 405 g/mol. The molecular formula is C21H35N5OS. The molecule has 0 spiro atoms. The third-order valence-electron chi connectivity index (χ3n) is 5.91. The Morgan fingerprint density at radius 3 is 2.54 bits per heavy atom. The number of nitrogens with one attached hydrogen (secondary N) is 1. The van der Waals surface area contributed by atoms with Gasteiger partial charge in [0.15, 0.2) is 5.96 Å². The van der Waals surface area contributed by atoms with Gasteiger partial charge in [0.1, 0.15) is 5.01 Å². The second-order valence-corrected chi connectivity index (χ2v) is 9.57.